The van der Waals surface area contributed by atoms with Crippen molar-refractivity contribution in [3.63, 3.8) is 0 Å². The SMILES string of the molecule is CN(CCC(=O)NC=O)c1ccc(C2CCNCC2)[nH]c1=O. The van der Waals surface area contributed by atoms with Gasteiger partial charge in [-0.1, -0.05) is 0 Å². The fraction of sp³-hybridized carbons (Fsp3) is 0.533. The second-order valence-corrected chi connectivity index (χ2v) is 5.51. The summed E-state index contributed by atoms with van der Waals surface area (Å²) in [7, 11) is 1.75. The average molecular weight is 306 g/mol. The number of pyridine rings is 1. The van der Waals surface area contributed by atoms with Crippen LogP contribution in [0, 0.1) is 0 Å². The Morgan fingerprint density at radius 1 is 1.41 bits per heavy atom. The van der Waals surface area contributed by atoms with E-state index in [9.17, 15) is 14.4 Å². The third kappa shape index (κ3) is 4.17. The number of imide groups is 1. The highest BCUT2D eigenvalue weighted by Gasteiger charge is 2.17. The average Bonchev–Trinajstić information content (AvgIpc) is 2.53. The van der Waals surface area contributed by atoms with E-state index in [1.165, 1.54) is 0 Å². The lowest BCUT2D eigenvalue weighted by atomic mass is 9.94. The van der Waals surface area contributed by atoms with Crippen LogP contribution in [0.4, 0.5) is 5.69 Å². The lowest BCUT2D eigenvalue weighted by Crippen LogP contribution is -2.32. The molecule has 120 valence electrons. The lowest BCUT2D eigenvalue weighted by molar-refractivity contribution is -0.125. The van der Waals surface area contributed by atoms with Crippen molar-refractivity contribution in [3.05, 3.63) is 28.2 Å². The van der Waals surface area contributed by atoms with Crippen molar-refractivity contribution in [2.45, 2.75) is 25.2 Å². The first-order chi connectivity index (χ1) is 10.6. The van der Waals surface area contributed by atoms with E-state index in [2.05, 4.69) is 15.6 Å². The fourth-order valence-corrected chi connectivity index (χ4v) is 2.68. The molecule has 0 aliphatic carbocycles. The first kappa shape index (κ1) is 16.2. The molecule has 7 nitrogen and oxygen atoms in total. The minimum atomic E-state index is -0.357. The Morgan fingerprint density at radius 3 is 2.77 bits per heavy atom. The number of anilines is 1. The van der Waals surface area contributed by atoms with E-state index in [4.69, 9.17) is 0 Å². The minimum absolute atomic E-state index is 0.144. The van der Waals surface area contributed by atoms with Crippen molar-refractivity contribution in [2.24, 2.45) is 0 Å². The molecule has 0 unspecified atom stereocenters. The number of hydrogen-bond donors (Lipinski definition) is 3. The molecule has 1 aromatic heterocycles. The van der Waals surface area contributed by atoms with Crippen LogP contribution in [0.1, 0.15) is 30.9 Å². The van der Waals surface area contributed by atoms with Gasteiger partial charge in [-0.15, -0.1) is 0 Å². The van der Waals surface area contributed by atoms with E-state index in [-0.39, 0.29) is 17.9 Å². The quantitative estimate of drug-likeness (QED) is 0.640. The molecule has 0 saturated carbocycles. The van der Waals surface area contributed by atoms with Crippen LogP contribution < -0.4 is 21.1 Å². The van der Waals surface area contributed by atoms with E-state index in [0.29, 0.717) is 24.6 Å². The highest BCUT2D eigenvalue weighted by atomic mass is 16.2. The number of carbonyl (C=O) groups excluding carboxylic acids is 2. The first-order valence-corrected chi connectivity index (χ1v) is 7.50. The predicted octanol–water partition coefficient (Wildman–Crippen LogP) is -0.0592. The summed E-state index contributed by atoms with van der Waals surface area (Å²) in [6.45, 7) is 2.32. The van der Waals surface area contributed by atoms with Crippen LogP contribution in [0.5, 0.6) is 0 Å². The van der Waals surface area contributed by atoms with Crippen molar-refractivity contribution >= 4 is 18.0 Å². The number of hydrogen-bond acceptors (Lipinski definition) is 5. The molecule has 1 aliphatic rings. The van der Waals surface area contributed by atoms with Crippen molar-refractivity contribution < 1.29 is 9.59 Å². The Morgan fingerprint density at radius 2 is 2.14 bits per heavy atom. The molecule has 2 heterocycles. The molecule has 2 rings (SSSR count). The van der Waals surface area contributed by atoms with Gasteiger partial charge in [0.1, 0.15) is 5.69 Å². The van der Waals surface area contributed by atoms with E-state index >= 15 is 0 Å². The maximum atomic E-state index is 12.2. The largest absolute Gasteiger partial charge is 0.370 e. The van der Waals surface area contributed by atoms with E-state index in [1.807, 2.05) is 6.07 Å². The topological polar surface area (TPSA) is 94.3 Å². The van der Waals surface area contributed by atoms with Crippen LogP contribution in [0.2, 0.25) is 0 Å². The maximum absolute atomic E-state index is 12.2. The van der Waals surface area contributed by atoms with Crippen molar-refractivity contribution in [3.8, 4) is 0 Å². The molecule has 0 aromatic carbocycles. The summed E-state index contributed by atoms with van der Waals surface area (Å²) in [6, 6.07) is 3.75. The van der Waals surface area contributed by atoms with Gasteiger partial charge in [0.15, 0.2) is 0 Å². The molecule has 2 amide bonds. The number of nitrogens with one attached hydrogen (secondary N) is 3. The van der Waals surface area contributed by atoms with Crippen LogP contribution >= 0.6 is 0 Å². The number of nitrogens with zero attached hydrogens (tertiary/aromatic N) is 1. The highest BCUT2D eigenvalue weighted by molar-refractivity contribution is 5.86. The molecule has 22 heavy (non-hydrogen) atoms. The molecule has 3 N–H and O–H groups in total. The Kier molecular flexibility index (Phi) is 5.71. The normalized spacial score (nSPS) is 15.3. The molecule has 1 aliphatic heterocycles. The monoisotopic (exact) mass is 306 g/mol. The molecule has 0 radical (unpaired) electrons. The summed E-state index contributed by atoms with van der Waals surface area (Å²) in [5, 5.41) is 5.38. The van der Waals surface area contributed by atoms with Gasteiger partial charge in [-0.25, -0.2) is 0 Å². The second-order valence-electron chi connectivity index (χ2n) is 5.51. The van der Waals surface area contributed by atoms with E-state index in [0.717, 1.165) is 31.6 Å². The number of aromatic amines is 1. The van der Waals surface area contributed by atoms with Crippen molar-refractivity contribution in [2.75, 3.05) is 31.6 Å². The van der Waals surface area contributed by atoms with Gasteiger partial charge in [0.05, 0.1) is 0 Å². The fourth-order valence-electron chi connectivity index (χ4n) is 2.68. The van der Waals surface area contributed by atoms with Gasteiger partial charge in [-0.3, -0.25) is 19.7 Å². The smallest absolute Gasteiger partial charge is 0.271 e. The van der Waals surface area contributed by atoms with E-state index < -0.39 is 0 Å². The molecular formula is C15H22N4O3. The summed E-state index contributed by atoms with van der Waals surface area (Å²) < 4.78 is 0. The Bertz CT molecular complexity index is 578. The summed E-state index contributed by atoms with van der Waals surface area (Å²) in [5.41, 5.74) is 1.35. The zero-order valence-corrected chi connectivity index (χ0v) is 12.7. The number of amides is 2. The lowest BCUT2D eigenvalue weighted by Gasteiger charge is -2.23. The summed E-state index contributed by atoms with van der Waals surface area (Å²) in [5.74, 6) is 0.0382. The minimum Gasteiger partial charge on any atom is -0.370 e. The first-order valence-electron chi connectivity index (χ1n) is 7.50. The van der Waals surface area contributed by atoms with Crippen molar-refractivity contribution in [1.29, 1.82) is 0 Å². The summed E-state index contributed by atoms with van der Waals surface area (Å²) in [6.07, 6.45) is 2.57. The summed E-state index contributed by atoms with van der Waals surface area (Å²) in [4.78, 5) is 38.3. The van der Waals surface area contributed by atoms with Crippen molar-refractivity contribution in [1.82, 2.24) is 15.6 Å². The van der Waals surface area contributed by atoms with Gasteiger partial charge >= 0.3 is 0 Å². The number of piperidine rings is 1. The Labute approximate surface area is 129 Å². The van der Waals surface area contributed by atoms with Gasteiger partial charge in [0.2, 0.25) is 12.3 Å². The standard InChI is InChI=1S/C15H22N4O3/c1-19(9-6-14(21)17-10-20)13-3-2-12(18-15(13)22)11-4-7-16-8-5-11/h2-3,10-11,16H,4-9H2,1H3,(H,18,22)(H,17,20,21). The third-order valence-electron chi connectivity index (χ3n) is 4.00. The molecule has 0 atom stereocenters. The maximum Gasteiger partial charge on any atom is 0.271 e. The molecular weight excluding hydrogens is 284 g/mol. The Hall–Kier alpha value is -2.15. The molecule has 0 bridgehead atoms. The van der Waals surface area contributed by atoms with Gasteiger partial charge in [-0.2, -0.15) is 0 Å². The third-order valence-corrected chi connectivity index (χ3v) is 4.00. The van der Waals surface area contributed by atoms with Crippen LogP contribution in [-0.4, -0.2) is 44.0 Å². The predicted molar refractivity (Wildman–Crippen MR) is 84.0 cm³/mol. The zero-order valence-electron chi connectivity index (χ0n) is 12.7. The number of carbonyl (C=O) groups is 2. The van der Waals surface area contributed by atoms with Gasteiger partial charge in [-0.05, 0) is 38.1 Å². The Balaban J connectivity index is 2.00. The molecule has 7 heteroatoms. The van der Waals surface area contributed by atoms with Crippen LogP contribution in [-0.2, 0) is 9.59 Å². The van der Waals surface area contributed by atoms with Crippen LogP contribution in [0.3, 0.4) is 0 Å². The highest BCUT2D eigenvalue weighted by Crippen LogP contribution is 2.23. The van der Waals surface area contributed by atoms with Crippen LogP contribution in [0.15, 0.2) is 16.9 Å². The zero-order chi connectivity index (χ0) is 15.9. The number of H-pyrrole nitrogens is 1. The van der Waals surface area contributed by atoms with Crippen LogP contribution in [0.25, 0.3) is 0 Å². The summed E-state index contributed by atoms with van der Waals surface area (Å²) >= 11 is 0. The molecule has 1 fully saturated rings. The second kappa shape index (κ2) is 7.74. The van der Waals surface area contributed by atoms with E-state index in [1.54, 1.807) is 18.0 Å². The van der Waals surface area contributed by atoms with Gasteiger partial charge < -0.3 is 15.2 Å². The molecule has 1 aromatic rings. The molecule has 1 saturated heterocycles. The van der Waals surface area contributed by atoms with Gasteiger partial charge in [0, 0.05) is 31.6 Å². The number of aromatic nitrogens is 1. The number of rotatable bonds is 6. The molecule has 0 spiro atoms. The van der Waals surface area contributed by atoms with Gasteiger partial charge in [0.25, 0.3) is 5.56 Å².